The second-order valence-corrected chi connectivity index (χ2v) is 9.75. The number of benzene rings is 2. The first-order valence-electron chi connectivity index (χ1n) is 9.43. The van der Waals surface area contributed by atoms with Crippen LogP contribution in [-0.2, 0) is 23.1 Å². The van der Waals surface area contributed by atoms with Crippen molar-refractivity contribution >= 4 is 32.7 Å². The molecule has 31 heavy (non-hydrogen) atoms. The summed E-state index contributed by atoms with van der Waals surface area (Å²) in [5, 5.41) is 0.320. The highest BCUT2D eigenvalue weighted by atomic mass is 35.5. The number of aromatic nitrogens is 2. The van der Waals surface area contributed by atoms with Gasteiger partial charge in [-0.1, -0.05) is 11.6 Å². The summed E-state index contributed by atoms with van der Waals surface area (Å²) >= 11 is 6.25. The molecule has 3 aromatic rings. The number of halogens is 1. The Balaban J connectivity index is 1.97. The number of aryl methyl sites for hydroxylation is 1. The smallest absolute Gasteiger partial charge is 0.317 e. The van der Waals surface area contributed by atoms with Crippen molar-refractivity contribution < 1.29 is 17.9 Å². The van der Waals surface area contributed by atoms with E-state index < -0.39 is 21.1 Å². The molecule has 0 saturated carbocycles. The first-order chi connectivity index (χ1) is 14.6. The van der Waals surface area contributed by atoms with Gasteiger partial charge in [0.25, 0.3) is 0 Å². The first kappa shape index (κ1) is 21.4. The van der Waals surface area contributed by atoms with Crippen LogP contribution in [0.1, 0.15) is 12.5 Å². The molecule has 11 heteroatoms. The largest absolute Gasteiger partial charge is 0.454 e. The van der Waals surface area contributed by atoms with Crippen LogP contribution in [0.5, 0.6) is 11.5 Å². The number of hydrogen-bond donors (Lipinski definition) is 0. The highest BCUT2D eigenvalue weighted by molar-refractivity contribution is 7.89. The van der Waals surface area contributed by atoms with Crippen LogP contribution in [-0.4, -0.2) is 42.7 Å². The van der Waals surface area contributed by atoms with Crippen LogP contribution in [0.2, 0.25) is 5.02 Å². The van der Waals surface area contributed by atoms with Crippen molar-refractivity contribution in [1.82, 2.24) is 13.4 Å². The lowest BCUT2D eigenvalue weighted by Gasteiger charge is -2.17. The number of sulfonamides is 1. The van der Waals surface area contributed by atoms with E-state index in [1.807, 2.05) is 0 Å². The molecule has 0 saturated heterocycles. The van der Waals surface area contributed by atoms with Gasteiger partial charge in [0.1, 0.15) is 0 Å². The first-order valence-corrected chi connectivity index (χ1v) is 11.2. The normalized spacial score (nSPS) is 13.3. The maximum atomic E-state index is 13.0. The molecular weight excluding hydrogens is 446 g/mol. The van der Waals surface area contributed by atoms with Crippen molar-refractivity contribution in [2.24, 2.45) is 0 Å². The van der Waals surface area contributed by atoms with Gasteiger partial charge in [0.15, 0.2) is 11.5 Å². The molecule has 4 rings (SSSR count). The maximum Gasteiger partial charge on any atom is 0.317 e. The Kier molecular flexibility index (Phi) is 5.32. The molecule has 0 atom stereocenters. The maximum absolute atomic E-state index is 13.0. The zero-order chi connectivity index (χ0) is 22.5. The number of nitrogens with zero attached hydrogens (tertiary/aromatic N) is 3. The minimum atomic E-state index is -3.74. The zero-order valence-electron chi connectivity index (χ0n) is 17.1. The molecule has 0 spiro atoms. The summed E-state index contributed by atoms with van der Waals surface area (Å²) in [5.41, 5.74) is -0.0698. The summed E-state index contributed by atoms with van der Waals surface area (Å²) in [4.78, 5) is 25.7. The lowest BCUT2D eigenvalue weighted by atomic mass is 10.2. The predicted molar refractivity (Wildman–Crippen MR) is 116 cm³/mol. The standard InChI is InChI=1S/C20H20ClN3O6S/c1-4-23-15-6-5-13(31(27,28)22(2)3)9-16(15)24(20(26)19(23)25)10-12-7-14(21)18-17(8-12)29-11-30-18/h5-9H,4,10-11H2,1-3H3. The molecule has 0 aliphatic carbocycles. The second kappa shape index (κ2) is 7.70. The van der Waals surface area contributed by atoms with Crippen molar-refractivity contribution in [2.75, 3.05) is 20.9 Å². The minimum absolute atomic E-state index is 0.00302. The van der Waals surface area contributed by atoms with Crippen LogP contribution in [0.15, 0.2) is 44.8 Å². The number of fused-ring (bicyclic) bond motifs is 2. The van der Waals surface area contributed by atoms with Crippen molar-refractivity contribution in [3.8, 4) is 11.5 Å². The van der Waals surface area contributed by atoms with E-state index in [0.29, 0.717) is 33.1 Å². The summed E-state index contributed by atoms with van der Waals surface area (Å²) in [7, 11) is -0.893. The molecule has 1 aromatic heterocycles. The van der Waals surface area contributed by atoms with Crippen LogP contribution in [0.25, 0.3) is 11.0 Å². The molecule has 0 bridgehead atoms. The SMILES string of the molecule is CCn1c(=O)c(=O)n(Cc2cc(Cl)c3c(c2)OCO3)c2cc(S(=O)(=O)N(C)C)ccc21. The van der Waals surface area contributed by atoms with Crippen molar-refractivity contribution in [3.63, 3.8) is 0 Å². The molecular formula is C20H20ClN3O6S. The third kappa shape index (κ3) is 3.50. The summed E-state index contributed by atoms with van der Waals surface area (Å²) in [6.45, 7) is 2.05. The van der Waals surface area contributed by atoms with Crippen LogP contribution >= 0.6 is 11.6 Å². The molecule has 1 aliphatic heterocycles. The van der Waals surface area contributed by atoms with E-state index in [0.717, 1.165) is 4.31 Å². The minimum Gasteiger partial charge on any atom is -0.454 e. The monoisotopic (exact) mass is 465 g/mol. The van der Waals surface area contributed by atoms with Gasteiger partial charge in [0, 0.05) is 20.6 Å². The molecule has 0 N–H and O–H groups in total. The van der Waals surface area contributed by atoms with E-state index in [2.05, 4.69) is 0 Å². The van der Waals surface area contributed by atoms with Crippen LogP contribution < -0.4 is 20.6 Å². The lowest BCUT2D eigenvalue weighted by molar-refractivity contribution is 0.174. The van der Waals surface area contributed by atoms with Gasteiger partial charge in [-0.25, -0.2) is 12.7 Å². The Hall–Kier alpha value is -2.82. The molecule has 0 amide bonds. The van der Waals surface area contributed by atoms with Crippen molar-refractivity contribution in [3.05, 3.63) is 61.6 Å². The highest BCUT2D eigenvalue weighted by Gasteiger charge is 2.22. The molecule has 1 aliphatic rings. The molecule has 2 aromatic carbocycles. The molecule has 164 valence electrons. The van der Waals surface area contributed by atoms with E-state index in [1.165, 1.54) is 35.4 Å². The van der Waals surface area contributed by atoms with Gasteiger partial charge in [-0.2, -0.15) is 0 Å². The molecule has 0 fully saturated rings. The Morgan fingerprint density at radius 3 is 2.42 bits per heavy atom. The van der Waals surface area contributed by atoms with Gasteiger partial charge < -0.3 is 14.0 Å². The third-order valence-corrected chi connectivity index (χ3v) is 7.22. The van der Waals surface area contributed by atoms with Gasteiger partial charge in [-0.05, 0) is 42.8 Å². The lowest BCUT2D eigenvalue weighted by Crippen LogP contribution is -2.41. The van der Waals surface area contributed by atoms with Gasteiger partial charge in [-0.3, -0.25) is 14.2 Å². The number of hydrogen-bond acceptors (Lipinski definition) is 6. The topological polar surface area (TPSA) is 99.8 Å². The molecule has 0 radical (unpaired) electrons. The van der Waals surface area contributed by atoms with Gasteiger partial charge in [0.2, 0.25) is 16.8 Å². The fourth-order valence-corrected chi connectivity index (χ4v) is 4.74. The summed E-state index contributed by atoms with van der Waals surface area (Å²) < 4.78 is 39.6. The Labute approximate surface area is 183 Å². The van der Waals surface area contributed by atoms with Crippen LogP contribution in [0.3, 0.4) is 0 Å². The average Bonchev–Trinajstić information content (AvgIpc) is 3.20. The summed E-state index contributed by atoms with van der Waals surface area (Å²) in [6.07, 6.45) is 0. The Bertz CT molecular complexity index is 1430. The van der Waals surface area contributed by atoms with E-state index >= 15 is 0 Å². The Morgan fingerprint density at radius 1 is 1.03 bits per heavy atom. The van der Waals surface area contributed by atoms with Crippen molar-refractivity contribution in [2.45, 2.75) is 24.9 Å². The van der Waals surface area contributed by atoms with Crippen LogP contribution in [0, 0.1) is 0 Å². The molecule has 2 heterocycles. The van der Waals surface area contributed by atoms with Crippen molar-refractivity contribution in [1.29, 1.82) is 0 Å². The van der Waals surface area contributed by atoms with Gasteiger partial charge in [-0.15, -0.1) is 0 Å². The average molecular weight is 466 g/mol. The number of rotatable bonds is 5. The Morgan fingerprint density at radius 2 is 1.74 bits per heavy atom. The van der Waals surface area contributed by atoms with Crippen LogP contribution in [0.4, 0.5) is 0 Å². The fourth-order valence-electron chi connectivity index (χ4n) is 3.53. The van der Waals surface area contributed by atoms with E-state index in [-0.39, 0.29) is 24.8 Å². The van der Waals surface area contributed by atoms with E-state index in [4.69, 9.17) is 21.1 Å². The quantitative estimate of drug-likeness (QED) is 0.533. The second-order valence-electron chi connectivity index (χ2n) is 7.19. The van der Waals surface area contributed by atoms with E-state index in [9.17, 15) is 18.0 Å². The predicted octanol–water partition coefficient (Wildman–Crippen LogP) is 1.86. The highest BCUT2D eigenvalue weighted by Crippen LogP contribution is 2.40. The van der Waals surface area contributed by atoms with E-state index in [1.54, 1.807) is 25.1 Å². The summed E-state index contributed by atoms with van der Waals surface area (Å²) in [5.74, 6) is 0.862. The zero-order valence-corrected chi connectivity index (χ0v) is 18.7. The molecule has 0 unspecified atom stereocenters. The fraction of sp³-hybridized carbons (Fsp3) is 0.300. The third-order valence-electron chi connectivity index (χ3n) is 5.12. The van der Waals surface area contributed by atoms with Gasteiger partial charge in [0.05, 0.1) is 27.5 Å². The summed E-state index contributed by atoms with van der Waals surface area (Å²) in [6, 6.07) is 7.68. The number of ether oxygens (including phenoxy) is 2. The molecule has 9 nitrogen and oxygen atoms in total. The van der Waals surface area contributed by atoms with Gasteiger partial charge >= 0.3 is 11.1 Å².